The highest BCUT2D eigenvalue weighted by Gasteiger charge is 1.99. The molecule has 0 aliphatic rings. The zero-order valence-electron chi connectivity index (χ0n) is 7.18. The molecule has 0 aliphatic carbocycles. The van der Waals surface area contributed by atoms with Gasteiger partial charge in [-0.05, 0) is 22.0 Å². The summed E-state index contributed by atoms with van der Waals surface area (Å²) in [6, 6.07) is 3.47. The van der Waals surface area contributed by atoms with Crippen LogP contribution in [0.3, 0.4) is 0 Å². The number of aromatic nitrogens is 2. The molecule has 2 heterocycles. The first kappa shape index (κ1) is 9.61. The molecule has 0 atom stereocenters. The van der Waals surface area contributed by atoms with Crippen LogP contribution in [-0.2, 0) is 6.54 Å². The third-order valence-corrected chi connectivity index (χ3v) is 3.42. The van der Waals surface area contributed by atoms with E-state index in [1.165, 1.54) is 12.3 Å². The van der Waals surface area contributed by atoms with Crippen molar-refractivity contribution in [1.82, 2.24) is 9.55 Å². The SMILES string of the molecule is O=c1ccncn1Cc1cc(Br)cs1. The molecular weight excluding hydrogens is 264 g/mol. The van der Waals surface area contributed by atoms with Crippen LogP contribution < -0.4 is 5.56 Å². The summed E-state index contributed by atoms with van der Waals surface area (Å²) >= 11 is 4.99. The molecule has 5 heteroatoms. The lowest BCUT2D eigenvalue weighted by atomic mass is 10.4. The van der Waals surface area contributed by atoms with Gasteiger partial charge in [0.05, 0.1) is 12.9 Å². The minimum absolute atomic E-state index is 0.0236. The van der Waals surface area contributed by atoms with Gasteiger partial charge in [-0.1, -0.05) is 0 Å². The highest BCUT2D eigenvalue weighted by molar-refractivity contribution is 9.10. The van der Waals surface area contributed by atoms with E-state index >= 15 is 0 Å². The number of thiophene rings is 1. The highest BCUT2D eigenvalue weighted by Crippen LogP contribution is 2.19. The van der Waals surface area contributed by atoms with Gasteiger partial charge < -0.3 is 0 Å². The molecule has 0 radical (unpaired) electrons. The molecule has 2 aromatic rings. The van der Waals surface area contributed by atoms with E-state index in [9.17, 15) is 4.79 Å². The lowest BCUT2D eigenvalue weighted by Gasteiger charge is -2.00. The van der Waals surface area contributed by atoms with Crippen molar-refractivity contribution in [1.29, 1.82) is 0 Å². The number of nitrogens with zero attached hydrogens (tertiary/aromatic N) is 2. The van der Waals surface area contributed by atoms with Crippen LogP contribution in [-0.4, -0.2) is 9.55 Å². The van der Waals surface area contributed by atoms with Crippen molar-refractivity contribution in [2.75, 3.05) is 0 Å². The van der Waals surface area contributed by atoms with Crippen LogP contribution >= 0.6 is 27.3 Å². The Hall–Kier alpha value is -0.940. The smallest absolute Gasteiger partial charge is 0.253 e. The fraction of sp³-hybridized carbons (Fsp3) is 0.111. The van der Waals surface area contributed by atoms with Gasteiger partial charge in [-0.15, -0.1) is 11.3 Å². The van der Waals surface area contributed by atoms with E-state index in [1.54, 1.807) is 22.2 Å². The van der Waals surface area contributed by atoms with E-state index in [4.69, 9.17) is 0 Å². The molecule has 0 saturated carbocycles. The second-order valence-electron chi connectivity index (χ2n) is 2.78. The Morgan fingerprint density at radius 3 is 3.07 bits per heavy atom. The zero-order valence-corrected chi connectivity index (χ0v) is 9.59. The Morgan fingerprint density at radius 1 is 1.57 bits per heavy atom. The first-order chi connectivity index (χ1) is 6.75. The fourth-order valence-electron chi connectivity index (χ4n) is 1.10. The third-order valence-electron chi connectivity index (χ3n) is 1.74. The summed E-state index contributed by atoms with van der Waals surface area (Å²) in [7, 11) is 0. The first-order valence-corrected chi connectivity index (χ1v) is 5.66. The van der Waals surface area contributed by atoms with E-state index < -0.39 is 0 Å². The van der Waals surface area contributed by atoms with Crippen molar-refractivity contribution in [3.05, 3.63) is 49.7 Å². The van der Waals surface area contributed by atoms with E-state index in [0.29, 0.717) is 6.54 Å². The van der Waals surface area contributed by atoms with Crippen molar-refractivity contribution in [2.24, 2.45) is 0 Å². The predicted octanol–water partition coefficient (Wildman–Crippen LogP) is 2.12. The number of rotatable bonds is 2. The van der Waals surface area contributed by atoms with Gasteiger partial charge in [0, 0.05) is 27.0 Å². The molecule has 0 bridgehead atoms. The van der Waals surface area contributed by atoms with E-state index in [1.807, 2.05) is 11.4 Å². The highest BCUT2D eigenvalue weighted by atomic mass is 79.9. The molecule has 72 valence electrons. The van der Waals surface area contributed by atoms with Gasteiger partial charge in [0.2, 0.25) is 0 Å². The number of hydrogen-bond acceptors (Lipinski definition) is 3. The second kappa shape index (κ2) is 4.06. The van der Waals surface area contributed by atoms with Gasteiger partial charge >= 0.3 is 0 Å². The van der Waals surface area contributed by atoms with Crippen LogP contribution in [0.4, 0.5) is 0 Å². The summed E-state index contributed by atoms with van der Waals surface area (Å²) in [6.45, 7) is 0.586. The molecular formula is C9H7BrN2OS. The van der Waals surface area contributed by atoms with Gasteiger partial charge in [0.15, 0.2) is 0 Å². The van der Waals surface area contributed by atoms with Crippen LogP contribution in [0.5, 0.6) is 0 Å². The van der Waals surface area contributed by atoms with Gasteiger partial charge in [-0.2, -0.15) is 0 Å². The summed E-state index contributed by atoms with van der Waals surface area (Å²) in [6.07, 6.45) is 3.05. The number of hydrogen-bond donors (Lipinski definition) is 0. The van der Waals surface area contributed by atoms with E-state index in [-0.39, 0.29) is 5.56 Å². The molecule has 14 heavy (non-hydrogen) atoms. The quantitative estimate of drug-likeness (QED) is 0.838. The lowest BCUT2D eigenvalue weighted by Crippen LogP contribution is -2.18. The zero-order chi connectivity index (χ0) is 9.97. The van der Waals surface area contributed by atoms with Gasteiger partial charge in [-0.3, -0.25) is 9.36 Å². The summed E-state index contributed by atoms with van der Waals surface area (Å²) < 4.78 is 2.63. The van der Waals surface area contributed by atoms with E-state index in [0.717, 1.165) is 9.35 Å². The molecule has 0 amide bonds. The fourth-order valence-corrected chi connectivity index (χ4v) is 2.55. The Kier molecular flexibility index (Phi) is 2.79. The molecule has 0 spiro atoms. The standard InChI is InChI=1S/C9H7BrN2OS/c10-7-3-8(14-5-7)4-12-6-11-2-1-9(12)13/h1-3,5-6H,4H2. The maximum atomic E-state index is 11.3. The molecule has 0 fully saturated rings. The van der Waals surface area contributed by atoms with Crippen molar-refractivity contribution in [2.45, 2.75) is 6.54 Å². The van der Waals surface area contributed by atoms with Crippen LogP contribution in [0.25, 0.3) is 0 Å². The van der Waals surface area contributed by atoms with E-state index in [2.05, 4.69) is 20.9 Å². The molecule has 0 aliphatic heterocycles. The third kappa shape index (κ3) is 2.10. The Balaban J connectivity index is 2.27. The molecule has 3 nitrogen and oxygen atoms in total. The molecule has 0 N–H and O–H groups in total. The predicted molar refractivity (Wildman–Crippen MR) is 59.6 cm³/mol. The molecule has 0 unspecified atom stereocenters. The Bertz CT molecular complexity index is 491. The van der Waals surface area contributed by atoms with Crippen LogP contribution in [0.2, 0.25) is 0 Å². The van der Waals surface area contributed by atoms with Crippen LogP contribution in [0.1, 0.15) is 4.88 Å². The minimum atomic E-state index is -0.0236. The van der Waals surface area contributed by atoms with Gasteiger partial charge in [0.1, 0.15) is 0 Å². The second-order valence-corrected chi connectivity index (χ2v) is 4.69. The Morgan fingerprint density at radius 2 is 2.43 bits per heavy atom. The van der Waals surface area contributed by atoms with Crippen molar-refractivity contribution >= 4 is 27.3 Å². The van der Waals surface area contributed by atoms with Gasteiger partial charge in [-0.25, -0.2) is 4.98 Å². The normalized spacial score (nSPS) is 10.4. The molecule has 0 saturated heterocycles. The summed E-state index contributed by atoms with van der Waals surface area (Å²) in [4.78, 5) is 16.4. The summed E-state index contributed by atoms with van der Waals surface area (Å²) in [5, 5.41) is 2.00. The van der Waals surface area contributed by atoms with Crippen molar-refractivity contribution < 1.29 is 0 Å². The Labute approximate surface area is 93.2 Å². The van der Waals surface area contributed by atoms with Crippen LogP contribution in [0, 0.1) is 0 Å². The maximum Gasteiger partial charge on any atom is 0.253 e. The first-order valence-electron chi connectivity index (χ1n) is 3.99. The van der Waals surface area contributed by atoms with Crippen molar-refractivity contribution in [3.8, 4) is 0 Å². The maximum absolute atomic E-state index is 11.3. The minimum Gasteiger partial charge on any atom is -0.294 e. The monoisotopic (exact) mass is 270 g/mol. The summed E-state index contributed by atoms with van der Waals surface area (Å²) in [5.74, 6) is 0. The van der Waals surface area contributed by atoms with Crippen molar-refractivity contribution in [3.63, 3.8) is 0 Å². The summed E-state index contributed by atoms with van der Waals surface area (Å²) in [5.41, 5.74) is -0.0236. The number of halogens is 1. The average molecular weight is 271 g/mol. The topological polar surface area (TPSA) is 34.9 Å². The largest absolute Gasteiger partial charge is 0.294 e. The average Bonchev–Trinajstić information content (AvgIpc) is 2.56. The van der Waals surface area contributed by atoms with Gasteiger partial charge in [0.25, 0.3) is 5.56 Å². The molecule has 2 aromatic heterocycles. The molecule has 0 aromatic carbocycles. The van der Waals surface area contributed by atoms with Crippen LogP contribution in [0.15, 0.2) is 39.3 Å². The molecule has 2 rings (SSSR count). The lowest BCUT2D eigenvalue weighted by molar-refractivity contribution is 0.745.